The van der Waals surface area contributed by atoms with Crippen molar-refractivity contribution >= 4 is 21.9 Å². The average molecular weight is 465 g/mol. The standard InChI is InChI=1S/C19H27F3N4O4S/c1-24(15-7-3-2-4-8-15)31(28,29)26-13-11-25(12-14-26)18(27)23-16-9-5-6-10-17(16)30-19(20,21)22/h5-6,9-10,15H,2-4,7-8,11-14H2,1H3,(H,23,27). The van der Waals surface area contributed by atoms with E-state index >= 15 is 0 Å². The maximum Gasteiger partial charge on any atom is 0.573 e. The number of ether oxygens (including phenoxy) is 1. The van der Waals surface area contributed by atoms with Gasteiger partial charge in [0, 0.05) is 39.3 Å². The molecule has 1 N–H and O–H groups in total. The van der Waals surface area contributed by atoms with Crippen molar-refractivity contribution < 1.29 is 31.1 Å². The molecule has 1 aliphatic carbocycles. The fraction of sp³-hybridized carbons (Fsp3) is 0.632. The monoisotopic (exact) mass is 464 g/mol. The quantitative estimate of drug-likeness (QED) is 0.725. The Morgan fingerprint density at radius 2 is 1.71 bits per heavy atom. The zero-order valence-corrected chi connectivity index (χ0v) is 18.1. The van der Waals surface area contributed by atoms with Gasteiger partial charge in [-0.2, -0.15) is 17.0 Å². The minimum absolute atomic E-state index is 0.00906. The molecule has 1 aliphatic heterocycles. The van der Waals surface area contributed by atoms with Gasteiger partial charge in [0.05, 0.1) is 5.69 Å². The van der Waals surface area contributed by atoms with Crippen molar-refractivity contribution in [3.63, 3.8) is 0 Å². The van der Waals surface area contributed by atoms with Gasteiger partial charge in [-0.25, -0.2) is 4.79 Å². The SMILES string of the molecule is CN(C1CCCCC1)S(=O)(=O)N1CCN(C(=O)Nc2ccccc2OC(F)(F)F)CC1. The molecule has 2 fully saturated rings. The fourth-order valence-electron chi connectivity index (χ4n) is 3.91. The van der Waals surface area contributed by atoms with Crippen LogP contribution in [0.15, 0.2) is 24.3 Å². The molecule has 3 rings (SSSR count). The topological polar surface area (TPSA) is 82.2 Å². The Morgan fingerprint density at radius 3 is 2.32 bits per heavy atom. The van der Waals surface area contributed by atoms with Gasteiger partial charge in [0.2, 0.25) is 0 Å². The van der Waals surface area contributed by atoms with Crippen molar-refractivity contribution in [3.8, 4) is 5.75 Å². The first-order chi connectivity index (χ1) is 14.6. The van der Waals surface area contributed by atoms with E-state index in [1.54, 1.807) is 7.05 Å². The van der Waals surface area contributed by atoms with Crippen LogP contribution in [0.5, 0.6) is 5.75 Å². The van der Waals surface area contributed by atoms with Crippen LogP contribution in [-0.4, -0.2) is 73.6 Å². The Labute approximate surface area is 180 Å². The van der Waals surface area contributed by atoms with Gasteiger partial charge in [0.25, 0.3) is 10.2 Å². The number of benzene rings is 1. The van der Waals surface area contributed by atoms with Crippen LogP contribution in [0.4, 0.5) is 23.7 Å². The summed E-state index contributed by atoms with van der Waals surface area (Å²) in [6, 6.07) is 4.63. The molecule has 31 heavy (non-hydrogen) atoms. The number of amides is 2. The zero-order valence-electron chi connectivity index (χ0n) is 17.3. The highest BCUT2D eigenvalue weighted by atomic mass is 32.2. The zero-order chi connectivity index (χ0) is 22.6. The second-order valence-electron chi connectivity index (χ2n) is 7.68. The van der Waals surface area contributed by atoms with E-state index < -0.39 is 28.4 Å². The number of carbonyl (C=O) groups excluding carboxylic acids is 1. The number of halogens is 3. The van der Waals surface area contributed by atoms with Gasteiger partial charge in [0.1, 0.15) is 0 Å². The molecule has 1 saturated heterocycles. The molecule has 12 heteroatoms. The summed E-state index contributed by atoms with van der Waals surface area (Å²) in [5, 5.41) is 2.41. The number of hydrogen-bond donors (Lipinski definition) is 1. The molecule has 0 spiro atoms. The van der Waals surface area contributed by atoms with Gasteiger partial charge < -0.3 is 15.0 Å². The Bertz CT molecular complexity index is 867. The number of rotatable bonds is 5. The van der Waals surface area contributed by atoms with Crippen LogP contribution in [0, 0.1) is 0 Å². The summed E-state index contributed by atoms with van der Waals surface area (Å²) < 4.78 is 70.3. The third-order valence-corrected chi connectivity index (χ3v) is 7.70. The number of carbonyl (C=O) groups is 1. The van der Waals surface area contributed by atoms with E-state index in [1.165, 1.54) is 31.7 Å². The molecule has 1 aromatic carbocycles. The van der Waals surface area contributed by atoms with Crippen molar-refractivity contribution in [1.82, 2.24) is 13.5 Å². The first-order valence-electron chi connectivity index (χ1n) is 10.2. The molecular weight excluding hydrogens is 437 g/mol. The third kappa shape index (κ3) is 6.01. The minimum atomic E-state index is -4.88. The highest BCUT2D eigenvalue weighted by Gasteiger charge is 2.36. The van der Waals surface area contributed by atoms with Gasteiger partial charge in [-0.1, -0.05) is 31.4 Å². The maximum atomic E-state index is 12.9. The third-order valence-electron chi connectivity index (χ3n) is 5.66. The lowest BCUT2D eigenvalue weighted by atomic mass is 9.96. The van der Waals surface area contributed by atoms with Crippen molar-refractivity contribution in [2.24, 2.45) is 0 Å². The fourth-order valence-corrected chi connectivity index (χ4v) is 5.49. The lowest BCUT2D eigenvalue weighted by molar-refractivity contribution is -0.274. The summed E-state index contributed by atoms with van der Waals surface area (Å²) in [4.78, 5) is 13.9. The molecule has 1 saturated carbocycles. The molecule has 0 radical (unpaired) electrons. The largest absolute Gasteiger partial charge is 0.573 e. The number of piperazine rings is 1. The maximum absolute atomic E-state index is 12.9. The second-order valence-corrected chi connectivity index (χ2v) is 9.66. The predicted octanol–water partition coefficient (Wildman–Crippen LogP) is 3.24. The molecule has 174 valence electrons. The Kier molecular flexibility index (Phi) is 7.32. The lowest BCUT2D eigenvalue weighted by Gasteiger charge is -2.38. The number of urea groups is 1. The number of hydrogen-bond acceptors (Lipinski definition) is 4. The number of anilines is 1. The van der Waals surface area contributed by atoms with Crippen LogP contribution in [-0.2, 0) is 10.2 Å². The van der Waals surface area contributed by atoms with Crippen molar-refractivity contribution in [1.29, 1.82) is 0 Å². The van der Waals surface area contributed by atoms with E-state index in [9.17, 15) is 26.4 Å². The first kappa shape index (κ1) is 23.6. The van der Waals surface area contributed by atoms with Gasteiger partial charge in [0.15, 0.2) is 5.75 Å². The van der Waals surface area contributed by atoms with Crippen LogP contribution in [0.1, 0.15) is 32.1 Å². The van der Waals surface area contributed by atoms with E-state index in [0.717, 1.165) is 38.2 Å². The van der Waals surface area contributed by atoms with Gasteiger partial charge >= 0.3 is 12.4 Å². The van der Waals surface area contributed by atoms with Crippen molar-refractivity contribution in [3.05, 3.63) is 24.3 Å². The number of nitrogens with zero attached hydrogens (tertiary/aromatic N) is 3. The smallest absolute Gasteiger partial charge is 0.404 e. The average Bonchev–Trinajstić information content (AvgIpc) is 2.74. The van der Waals surface area contributed by atoms with E-state index in [-0.39, 0.29) is 37.9 Å². The Hall–Kier alpha value is -2.05. The summed E-state index contributed by atoms with van der Waals surface area (Å²) in [6.07, 6.45) is -0.0501. The van der Waals surface area contributed by atoms with Crippen LogP contribution in [0.3, 0.4) is 0 Å². The molecule has 1 aromatic rings. The molecular formula is C19H27F3N4O4S. The molecule has 8 nitrogen and oxygen atoms in total. The van der Waals surface area contributed by atoms with Crippen LogP contribution in [0.25, 0.3) is 0 Å². The van der Waals surface area contributed by atoms with Crippen molar-refractivity contribution in [2.75, 3.05) is 38.5 Å². The highest BCUT2D eigenvalue weighted by Crippen LogP contribution is 2.30. The molecule has 0 atom stereocenters. The van der Waals surface area contributed by atoms with Gasteiger partial charge in [-0.15, -0.1) is 13.2 Å². The molecule has 0 aromatic heterocycles. The number of alkyl halides is 3. The predicted molar refractivity (Wildman–Crippen MR) is 109 cm³/mol. The van der Waals surface area contributed by atoms with E-state index in [2.05, 4.69) is 10.1 Å². The number of para-hydroxylation sites is 2. The van der Waals surface area contributed by atoms with Gasteiger partial charge in [-0.3, -0.25) is 0 Å². The Balaban J connectivity index is 1.58. The molecule has 2 amide bonds. The van der Waals surface area contributed by atoms with Crippen molar-refractivity contribution in [2.45, 2.75) is 44.5 Å². The molecule has 0 unspecified atom stereocenters. The lowest BCUT2D eigenvalue weighted by Crippen LogP contribution is -2.55. The summed E-state index contributed by atoms with van der Waals surface area (Å²) >= 11 is 0. The van der Waals surface area contributed by atoms with E-state index in [0.29, 0.717) is 0 Å². The molecule has 0 bridgehead atoms. The van der Waals surface area contributed by atoms with E-state index in [1.807, 2.05) is 0 Å². The first-order valence-corrected chi connectivity index (χ1v) is 11.6. The van der Waals surface area contributed by atoms with Gasteiger partial charge in [-0.05, 0) is 25.0 Å². The molecule has 2 aliphatic rings. The summed E-state index contributed by atoms with van der Waals surface area (Å²) in [7, 11) is -2.03. The summed E-state index contributed by atoms with van der Waals surface area (Å²) in [5.74, 6) is -0.515. The second kappa shape index (κ2) is 9.61. The minimum Gasteiger partial charge on any atom is -0.404 e. The van der Waals surface area contributed by atoms with E-state index in [4.69, 9.17) is 0 Å². The summed E-state index contributed by atoms with van der Waals surface area (Å²) in [6.45, 7) is 0.499. The normalized spacial score (nSPS) is 19.5. The summed E-state index contributed by atoms with van der Waals surface area (Å²) in [5.41, 5.74) is -0.114. The van der Waals surface area contributed by atoms with Crippen LogP contribution in [0.2, 0.25) is 0 Å². The molecule has 1 heterocycles. The Morgan fingerprint density at radius 1 is 1.10 bits per heavy atom. The highest BCUT2D eigenvalue weighted by molar-refractivity contribution is 7.86. The van der Waals surface area contributed by atoms with Crippen LogP contribution >= 0.6 is 0 Å². The number of nitrogens with one attached hydrogen (secondary N) is 1. The van der Waals surface area contributed by atoms with Crippen LogP contribution < -0.4 is 10.1 Å².